The zero-order valence-electron chi connectivity index (χ0n) is 11.2. The molecule has 0 bridgehead atoms. The van der Waals surface area contributed by atoms with E-state index in [1.165, 1.54) is 12.3 Å². The third-order valence-electron chi connectivity index (χ3n) is 2.92. The van der Waals surface area contributed by atoms with E-state index in [1.54, 1.807) is 31.6 Å². The Morgan fingerprint density at radius 3 is 2.60 bits per heavy atom. The van der Waals surface area contributed by atoms with Gasteiger partial charge in [0.2, 0.25) is 0 Å². The van der Waals surface area contributed by atoms with Gasteiger partial charge in [-0.25, -0.2) is 9.37 Å². The maximum Gasteiger partial charge on any atom is 0.254 e. The summed E-state index contributed by atoms with van der Waals surface area (Å²) in [5.74, 6) is -1.09. The first-order valence-corrected chi connectivity index (χ1v) is 6.16. The monoisotopic (exact) mass is 274 g/mol. The number of amides is 1. The molecule has 5 nitrogen and oxygen atoms in total. The van der Waals surface area contributed by atoms with Crippen LogP contribution in [0.3, 0.4) is 0 Å². The van der Waals surface area contributed by atoms with Crippen LogP contribution in [-0.4, -0.2) is 22.9 Å². The lowest BCUT2D eigenvalue weighted by Gasteiger charge is -2.14. The largest absolute Gasteiger partial charge is 0.371 e. The minimum absolute atomic E-state index is 0.0368. The van der Waals surface area contributed by atoms with Gasteiger partial charge >= 0.3 is 0 Å². The minimum Gasteiger partial charge on any atom is -0.371 e. The van der Waals surface area contributed by atoms with Crippen LogP contribution in [0.5, 0.6) is 0 Å². The molecule has 2 N–H and O–H groups in total. The molecule has 1 amide bonds. The smallest absolute Gasteiger partial charge is 0.254 e. The van der Waals surface area contributed by atoms with Gasteiger partial charge in [0.05, 0.1) is 11.6 Å². The zero-order valence-corrected chi connectivity index (χ0v) is 11.2. The van der Waals surface area contributed by atoms with Crippen molar-refractivity contribution in [2.24, 2.45) is 0 Å². The number of aromatic nitrogens is 2. The summed E-state index contributed by atoms with van der Waals surface area (Å²) in [6, 6.07) is 4.71. The molecule has 0 radical (unpaired) electrons. The second-order valence-electron chi connectivity index (χ2n) is 4.25. The van der Waals surface area contributed by atoms with E-state index in [9.17, 15) is 9.18 Å². The summed E-state index contributed by atoms with van der Waals surface area (Å²) in [5.41, 5.74) is 0.863. The Hall–Kier alpha value is -2.50. The lowest BCUT2D eigenvalue weighted by atomic mass is 10.1. The summed E-state index contributed by atoms with van der Waals surface area (Å²) in [6.45, 7) is 1.82. The molecule has 20 heavy (non-hydrogen) atoms. The molecule has 6 heteroatoms. The molecule has 0 saturated heterocycles. The van der Waals surface area contributed by atoms with Gasteiger partial charge in [0.25, 0.3) is 5.91 Å². The van der Waals surface area contributed by atoms with Crippen molar-refractivity contribution in [3.8, 4) is 0 Å². The Kier molecular flexibility index (Phi) is 4.24. The topological polar surface area (TPSA) is 66.9 Å². The minimum atomic E-state index is -0.658. The average molecular weight is 274 g/mol. The number of hydrogen-bond donors (Lipinski definition) is 2. The molecular weight excluding hydrogens is 259 g/mol. The van der Waals surface area contributed by atoms with Gasteiger partial charge < -0.3 is 10.6 Å². The molecule has 0 aromatic carbocycles. The summed E-state index contributed by atoms with van der Waals surface area (Å²) >= 11 is 0. The molecule has 2 aromatic heterocycles. The van der Waals surface area contributed by atoms with E-state index in [0.29, 0.717) is 0 Å². The van der Waals surface area contributed by atoms with Crippen molar-refractivity contribution in [3.63, 3.8) is 0 Å². The summed E-state index contributed by atoms with van der Waals surface area (Å²) in [4.78, 5) is 19.8. The molecule has 0 aliphatic carbocycles. The molecule has 104 valence electrons. The predicted octanol–water partition coefficient (Wildman–Crippen LogP) is 2.15. The van der Waals surface area contributed by atoms with Crippen LogP contribution < -0.4 is 10.6 Å². The van der Waals surface area contributed by atoms with Crippen LogP contribution in [-0.2, 0) is 0 Å². The second-order valence-corrected chi connectivity index (χ2v) is 4.25. The Morgan fingerprint density at radius 2 is 1.95 bits per heavy atom. The van der Waals surface area contributed by atoms with Gasteiger partial charge in [0, 0.05) is 25.6 Å². The standard InChI is InChI=1S/C14H15FN4O/c1-9(10-3-6-17-7-4-10)19-14(20)11-5-8-18-13(16-2)12(11)15/h3-9H,1-2H3,(H,16,18)(H,19,20). The highest BCUT2D eigenvalue weighted by molar-refractivity contribution is 5.95. The molecule has 1 unspecified atom stereocenters. The third-order valence-corrected chi connectivity index (χ3v) is 2.92. The molecule has 0 saturated carbocycles. The molecule has 0 spiro atoms. The number of rotatable bonds is 4. The highest BCUT2D eigenvalue weighted by atomic mass is 19.1. The highest BCUT2D eigenvalue weighted by Gasteiger charge is 2.17. The maximum absolute atomic E-state index is 14.0. The van der Waals surface area contributed by atoms with Crippen LogP contribution in [0.4, 0.5) is 10.2 Å². The second kappa shape index (κ2) is 6.10. The van der Waals surface area contributed by atoms with Gasteiger partial charge in [-0.1, -0.05) is 0 Å². The molecular formula is C14H15FN4O. The van der Waals surface area contributed by atoms with Gasteiger partial charge in [0.15, 0.2) is 11.6 Å². The van der Waals surface area contributed by atoms with Crippen LogP contribution in [0, 0.1) is 5.82 Å². The van der Waals surface area contributed by atoms with Crippen molar-refractivity contribution < 1.29 is 9.18 Å². The lowest BCUT2D eigenvalue weighted by Crippen LogP contribution is -2.27. The van der Waals surface area contributed by atoms with Gasteiger partial charge in [0.1, 0.15) is 0 Å². The van der Waals surface area contributed by atoms with Crippen LogP contribution in [0.1, 0.15) is 28.9 Å². The van der Waals surface area contributed by atoms with Crippen LogP contribution in [0.2, 0.25) is 0 Å². The molecule has 2 heterocycles. The number of pyridine rings is 2. The normalized spacial score (nSPS) is 11.8. The average Bonchev–Trinajstić information content (AvgIpc) is 2.48. The summed E-state index contributed by atoms with van der Waals surface area (Å²) < 4.78 is 14.0. The number of anilines is 1. The van der Waals surface area contributed by atoms with Crippen LogP contribution in [0.15, 0.2) is 36.8 Å². The third kappa shape index (κ3) is 2.90. The number of halogens is 1. The van der Waals surface area contributed by atoms with E-state index in [-0.39, 0.29) is 17.4 Å². The fraction of sp³-hybridized carbons (Fsp3) is 0.214. The summed E-state index contributed by atoms with van der Waals surface area (Å²) in [7, 11) is 1.55. The van der Waals surface area contributed by atoms with Crippen molar-refractivity contribution in [2.75, 3.05) is 12.4 Å². The summed E-state index contributed by atoms with van der Waals surface area (Å²) in [6.07, 6.45) is 4.68. The van der Waals surface area contributed by atoms with Crippen molar-refractivity contribution in [1.82, 2.24) is 15.3 Å². The van der Waals surface area contributed by atoms with E-state index < -0.39 is 11.7 Å². The van der Waals surface area contributed by atoms with Crippen molar-refractivity contribution in [3.05, 3.63) is 53.7 Å². The Balaban J connectivity index is 2.17. The number of nitrogens with one attached hydrogen (secondary N) is 2. The lowest BCUT2D eigenvalue weighted by molar-refractivity contribution is 0.0935. The fourth-order valence-corrected chi connectivity index (χ4v) is 1.80. The fourth-order valence-electron chi connectivity index (χ4n) is 1.80. The van der Waals surface area contributed by atoms with E-state index in [0.717, 1.165) is 5.56 Å². The van der Waals surface area contributed by atoms with Crippen molar-refractivity contribution in [1.29, 1.82) is 0 Å². The number of carbonyl (C=O) groups is 1. The van der Waals surface area contributed by atoms with E-state index in [4.69, 9.17) is 0 Å². The Labute approximate surface area is 116 Å². The van der Waals surface area contributed by atoms with E-state index in [1.807, 2.05) is 6.92 Å². The molecule has 0 aliphatic heterocycles. The SMILES string of the molecule is CNc1nccc(C(=O)NC(C)c2ccncc2)c1F. The number of carbonyl (C=O) groups excluding carboxylic acids is 1. The summed E-state index contributed by atoms with van der Waals surface area (Å²) in [5, 5.41) is 5.34. The Bertz CT molecular complexity index is 603. The molecule has 0 aliphatic rings. The quantitative estimate of drug-likeness (QED) is 0.896. The predicted molar refractivity (Wildman–Crippen MR) is 73.9 cm³/mol. The van der Waals surface area contributed by atoms with Crippen LogP contribution in [0.25, 0.3) is 0 Å². The van der Waals surface area contributed by atoms with Gasteiger partial charge in [-0.2, -0.15) is 0 Å². The highest BCUT2D eigenvalue weighted by Crippen LogP contribution is 2.16. The van der Waals surface area contributed by atoms with Crippen molar-refractivity contribution >= 4 is 11.7 Å². The van der Waals surface area contributed by atoms with Gasteiger partial charge in [-0.05, 0) is 30.7 Å². The maximum atomic E-state index is 14.0. The first-order chi connectivity index (χ1) is 9.63. The Morgan fingerprint density at radius 1 is 1.25 bits per heavy atom. The van der Waals surface area contributed by atoms with E-state index >= 15 is 0 Å². The molecule has 2 aromatic rings. The molecule has 1 atom stereocenters. The van der Waals surface area contributed by atoms with Crippen LogP contribution >= 0.6 is 0 Å². The molecule has 2 rings (SSSR count). The van der Waals surface area contributed by atoms with Gasteiger partial charge in [-0.3, -0.25) is 9.78 Å². The first-order valence-electron chi connectivity index (χ1n) is 6.16. The zero-order chi connectivity index (χ0) is 14.5. The van der Waals surface area contributed by atoms with E-state index in [2.05, 4.69) is 20.6 Å². The van der Waals surface area contributed by atoms with Gasteiger partial charge in [-0.15, -0.1) is 0 Å². The first kappa shape index (κ1) is 13.9. The van der Waals surface area contributed by atoms with Crippen molar-refractivity contribution in [2.45, 2.75) is 13.0 Å². The number of nitrogens with zero attached hydrogens (tertiary/aromatic N) is 2. The molecule has 0 fully saturated rings. The number of hydrogen-bond acceptors (Lipinski definition) is 4.